The standard InChI is InChI=1S/C19H15N3O2/c1-24-17-5-3-2-4-14(17)16-11-22-19-15(16)8-13(10-21-19)12-6-7-20-18(23)9-12/h2-11H,1H3,(H,20,23)(H,21,22). The Morgan fingerprint density at radius 3 is 2.71 bits per heavy atom. The molecule has 4 aromatic rings. The smallest absolute Gasteiger partial charge is 0.248 e. The number of ether oxygens (including phenoxy) is 1. The first-order valence-electron chi connectivity index (χ1n) is 7.56. The molecule has 0 saturated heterocycles. The Morgan fingerprint density at radius 1 is 1.00 bits per heavy atom. The lowest BCUT2D eigenvalue weighted by Gasteiger charge is -2.07. The molecule has 0 radical (unpaired) electrons. The summed E-state index contributed by atoms with van der Waals surface area (Å²) in [4.78, 5) is 21.9. The van der Waals surface area contributed by atoms with E-state index in [0.717, 1.165) is 39.0 Å². The van der Waals surface area contributed by atoms with Crippen LogP contribution in [0.5, 0.6) is 5.75 Å². The van der Waals surface area contributed by atoms with Crippen molar-refractivity contribution in [3.63, 3.8) is 0 Å². The maximum Gasteiger partial charge on any atom is 0.248 e. The molecule has 0 bridgehead atoms. The van der Waals surface area contributed by atoms with E-state index >= 15 is 0 Å². The molecule has 3 aromatic heterocycles. The summed E-state index contributed by atoms with van der Waals surface area (Å²) < 4.78 is 5.47. The molecule has 4 rings (SSSR count). The van der Waals surface area contributed by atoms with Gasteiger partial charge in [-0.3, -0.25) is 4.79 Å². The summed E-state index contributed by atoms with van der Waals surface area (Å²) in [6, 6.07) is 13.3. The fourth-order valence-corrected chi connectivity index (χ4v) is 2.88. The fourth-order valence-electron chi connectivity index (χ4n) is 2.88. The molecule has 0 fully saturated rings. The van der Waals surface area contributed by atoms with Gasteiger partial charge in [0.2, 0.25) is 5.56 Å². The molecule has 1 aromatic carbocycles. The van der Waals surface area contributed by atoms with E-state index in [1.807, 2.05) is 42.6 Å². The van der Waals surface area contributed by atoms with Crippen LogP contribution in [-0.4, -0.2) is 22.1 Å². The topological polar surface area (TPSA) is 70.8 Å². The van der Waals surface area contributed by atoms with E-state index < -0.39 is 0 Å². The highest BCUT2D eigenvalue weighted by Gasteiger charge is 2.12. The van der Waals surface area contributed by atoms with Gasteiger partial charge < -0.3 is 14.7 Å². The predicted molar refractivity (Wildman–Crippen MR) is 94.1 cm³/mol. The van der Waals surface area contributed by atoms with Crippen molar-refractivity contribution in [2.24, 2.45) is 0 Å². The Bertz CT molecular complexity index is 1080. The third kappa shape index (κ3) is 2.36. The van der Waals surface area contributed by atoms with Crippen LogP contribution in [0.15, 0.2) is 65.8 Å². The van der Waals surface area contributed by atoms with Crippen LogP contribution in [0.25, 0.3) is 33.3 Å². The third-order valence-electron chi connectivity index (χ3n) is 4.04. The van der Waals surface area contributed by atoms with Crippen molar-refractivity contribution in [3.8, 4) is 28.0 Å². The number of fused-ring (bicyclic) bond motifs is 1. The maximum absolute atomic E-state index is 11.6. The van der Waals surface area contributed by atoms with E-state index in [1.165, 1.54) is 0 Å². The van der Waals surface area contributed by atoms with E-state index in [2.05, 4.69) is 15.0 Å². The zero-order chi connectivity index (χ0) is 16.5. The second kappa shape index (κ2) is 5.70. The quantitative estimate of drug-likeness (QED) is 0.606. The van der Waals surface area contributed by atoms with Gasteiger partial charge in [0.05, 0.1) is 7.11 Å². The van der Waals surface area contributed by atoms with Crippen LogP contribution in [0.1, 0.15) is 0 Å². The number of rotatable bonds is 3. The summed E-state index contributed by atoms with van der Waals surface area (Å²) in [6.45, 7) is 0. The van der Waals surface area contributed by atoms with E-state index in [-0.39, 0.29) is 5.56 Å². The number of hydrogen-bond donors (Lipinski definition) is 2. The highest BCUT2D eigenvalue weighted by molar-refractivity contribution is 5.97. The first-order valence-corrected chi connectivity index (χ1v) is 7.56. The Kier molecular flexibility index (Phi) is 3.39. The monoisotopic (exact) mass is 317 g/mol. The van der Waals surface area contributed by atoms with Gasteiger partial charge in [0.15, 0.2) is 0 Å². The summed E-state index contributed by atoms with van der Waals surface area (Å²) in [6.07, 6.45) is 5.33. The van der Waals surface area contributed by atoms with Gasteiger partial charge in [-0.05, 0) is 23.8 Å². The average Bonchev–Trinajstić information content (AvgIpc) is 3.04. The number of aromatic amines is 2. The predicted octanol–water partition coefficient (Wildman–Crippen LogP) is 3.59. The SMILES string of the molecule is COc1ccccc1-c1c[nH]c2ncc(-c3cc[nH]c(=O)c3)cc12. The lowest BCUT2D eigenvalue weighted by atomic mass is 10.0. The second-order valence-electron chi connectivity index (χ2n) is 5.46. The highest BCUT2D eigenvalue weighted by Crippen LogP contribution is 2.35. The molecule has 0 aliphatic carbocycles. The van der Waals surface area contributed by atoms with Gasteiger partial charge in [-0.2, -0.15) is 0 Å². The van der Waals surface area contributed by atoms with Crippen molar-refractivity contribution < 1.29 is 4.74 Å². The Balaban J connectivity index is 1.92. The molecular weight excluding hydrogens is 302 g/mol. The minimum absolute atomic E-state index is 0.133. The molecule has 0 spiro atoms. The van der Waals surface area contributed by atoms with Gasteiger partial charge in [-0.1, -0.05) is 18.2 Å². The van der Waals surface area contributed by atoms with Gasteiger partial charge in [-0.25, -0.2) is 4.98 Å². The van der Waals surface area contributed by atoms with E-state index in [0.29, 0.717) is 0 Å². The van der Waals surface area contributed by atoms with Gasteiger partial charge in [-0.15, -0.1) is 0 Å². The molecule has 2 N–H and O–H groups in total. The zero-order valence-corrected chi connectivity index (χ0v) is 13.0. The van der Waals surface area contributed by atoms with Crippen molar-refractivity contribution in [3.05, 3.63) is 71.4 Å². The van der Waals surface area contributed by atoms with E-state index in [1.54, 1.807) is 25.6 Å². The fraction of sp³-hybridized carbons (Fsp3) is 0.0526. The van der Waals surface area contributed by atoms with Crippen LogP contribution < -0.4 is 10.3 Å². The lowest BCUT2D eigenvalue weighted by Crippen LogP contribution is -2.02. The van der Waals surface area contributed by atoms with Crippen LogP contribution >= 0.6 is 0 Å². The number of H-pyrrole nitrogens is 2. The summed E-state index contributed by atoms with van der Waals surface area (Å²) in [7, 11) is 1.66. The number of nitrogens with zero attached hydrogens (tertiary/aromatic N) is 1. The number of nitrogens with one attached hydrogen (secondary N) is 2. The molecule has 0 aliphatic heterocycles. The number of aromatic nitrogens is 3. The van der Waals surface area contributed by atoms with Gasteiger partial charge in [0.1, 0.15) is 11.4 Å². The first-order chi connectivity index (χ1) is 11.8. The minimum Gasteiger partial charge on any atom is -0.496 e. The molecular formula is C19H15N3O2. The summed E-state index contributed by atoms with van der Waals surface area (Å²) in [5, 5.41) is 0.984. The summed E-state index contributed by atoms with van der Waals surface area (Å²) in [5.41, 5.74) is 4.40. The van der Waals surface area contributed by atoms with E-state index in [4.69, 9.17) is 4.74 Å². The molecule has 5 nitrogen and oxygen atoms in total. The third-order valence-corrected chi connectivity index (χ3v) is 4.04. The normalized spacial score (nSPS) is 10.9. The molecule has 5 heteroatoms. The van der Waals surface area contributed by atoms with Crippen LogP contribution in [-0.2, 0) is 0 Å². The average molecular weight is 317 g/mol. The molecule has 0 aliphatic rings. The van der Waals surface area contributed by atoms with Crippen LogP contribution in [0, 0.1) is 0 Å². The zero-order valence-electron chi connectivity index (χ0n) is 13.0. The Hall–Kier alpha value is -3.34. The van der Waals surface area contributed by atoms with Crippen molar-refractivity contribution >= 4 is 11.0 Å². The number of pyridine rings is 2. The number of para-hydroxylation sites is 1. The highest BCUT2D eigenvalue weighted by atomic mass is 16.5. The number of methoxy groups -OCH3 is 1. The van der Waals surface area contributed by atoms with Crippen molar-refractivity contribution in [1.82, 2.24) is 15.0 Å². The molecule has 0 amide bonds. The van der Waals surface area contributed by atoms with Crippen LogP contribution in [0.2, 0.25) is 0 Å². The van der Waals surface area contributed by atoms with Gasteiger partial charge in [0, 0.05) is 46.7 Å². The molecule has 0 unspecified atom stereocenters. The number of benzene rings is 1. The molecule has 0 atom stereocenters. The van der Waals surface area contributed by atoms with Crippen LogP contribution in [0.4, 0.5) is 0 Å². The Labute approximate surface area is 138 Å². The van der Waals surface area contributed by atoms with Crippen molar-refractivity contribution in [1.29, 1.82) is 0 Å². The number of hydrogen-bond acceptors (Lipinski definition) is 3. The largest absolute Gasteiger partial charge is 0.496 e. The Morgan fingerprint density at radius 2 is 1.88 bits per heavy atom. The van der Waals surface area contributed by atoms with Gasteiger partial charge in [0.25, 0.3) is 0 Å². The minimum atomic E-state index is -0.133. The van der Waals surface area contributed by atoms with Crippen molar-refractivity contribution in [2.45, 2.75) is 0 Å². The van der Waals surface area contributed by atoms with Crippen LogP contribution in [0.3, 0.4) is 0 Å². The second-order valence-corrected chi connectivity index (χ2v) is 5.46. The summed E-state index contributed by atoms with van der Waals surface area (Å²) >= 11 is 0. The molecule has 0 saturated carbocycles. The molecule has 24 heavy (non-hydrogen) atoms. The molecule has 3 heterocycles. The maximum atomic E-state index is 11.6. The first kappa shape index (κ1) is 14.3. The molecule has 118 valence electrons. The summed E-state index contributed by atoms with van der Waals surface area (Å²) in [5.74, 6) is 0.806. The van der Waals surface area contributed by atoms with Crippen molar-refractivity contribution in [2.75, 3.05) is 7.11 Å². The lowest BCUT2D eigenvalue weighted by molar-refractivity contribution is 0.416. The van der Waals surface area contributed by atoms with E-state index in [9.17, 15) is 4.79 Å². The van der Waals surface area contributed by atoms with Gasteiger partial charge >= 0.3 is 0 Å².